The first-order valence-electron chi connectivity index (χ1n) is 6.64. The second-order valence-corrected chi connectivity index (χ2v) is 6.34. The first kappa shape index (κ1) is 12.5. The van der Waals surface area contributed by atoms with Crippen molar-refractivity contribution in [2.45, 2.75) is 26.3 Å². The molecule has 2 aromatic heterocycles. The molecule has 19 heavy (non-hydrogen) atoms. The van der Waals surface area contributed by atoms with Crippen LogP contribution in [-0.2, 0) is 6.54 Å². The third kappa shape index (κ3) is 2.59. The summed E-state index contributed by atoms with van der Waals surface area (Å²) < 4.78 is 3.23. The Labute approximate surface area is 116 Å². The Balaban J connectivity index is 1.88. The van der Waals surface area contributed by atoms with Gasteiger partial charge in [-0.3, -0.25) is 4.79 Å². The molecule has 0 bridgehead atoms. The molecule has 0 aromatic carbocycles. The largest absolute Gasteiger partial charge is 0.350 e. The molecule has 0 aliphatic heterocycles. The number of carbonyl (C=O) groups is 1. The van der Waals surface area contributed by atoms with Gasteiger partial charge in [-0.15, -0.1) is 11.3 Å². The van der Waals surface area contributed by atoms with E-state index in [1.807, 2.05) is 13.0 Å². The molecule has 1 aliphatic rings. The molecule has 3 nitrogen and oxygen atoms in total. The maximum absolute atomic E-state index is 12.3. The van der Waals surface area contributed by atoms with E-state index in [0.717, 1.165) is 28.0 Å². The van der Waals surface area contributed by atoms with Crippen LogP contribution in [0.25, 0.3) is 10.2 Å². The molecular formula is C15H18N2OS. The molecule has 1 aliphatic carbocycles. The van der Waals surface area contributed by atoms with Crippen LogP contribution in [0, 0.1) is 5.92 Å². The predicted molar refractivity (Wildman–Crippen MR) is 79.7 cm³/mol. The second-order valence-electron chi connectivity index (χ2n) is 5.40. The smallest absolute Gasteiger partial charge is 0.267 e. The van der Waals surface area contributed by atoms with Crippen molar-refractivity contribution in [1.29, 1.82) is 0 Å². The van der Waals surface area contributed by atoms with Crippen LogP contribution in [-0.4, -0.2) is 17.0 Å². The Kier molecular flexibility index (Phi) is 3.19. The van der Waals surface area contributed by atoms with Gasteiger partial charge in [0.2, 0.25) is 0 Å². The SMILES string of the molecule is C=C(C)Cn1c(C(=O)NCC2CC2)cc2sccc21. The summed E-state index contributed by atoms with van der Waals surface area (Å²) >= 11 is 1.67. The summed E-state index contributed by atoms with van der Waals surface area (Å²) in [5, 5.41) is 5.10. The van der Waals surface area contributed by atoms with Crippen molar-refractivity contribution in [3.8, 4) is 0 Å². The van der Waals surface area contributed by atoms with E-state index in [9.17, 15) is 4.79 Å². The highest BCUT2D eigenvalue weighted by atomic mass is 32.1. The summed E-state index contributed by atoms with van der Waals surface area (Å²) in [4.78, 5) is 12.3. The van der Waals surface area contributed by atoms with Crippen molar-refractivity contribution in [1.82, 2.24) is 9.88 Å². The molecule has 1 amide bonds. The number of thiophene rings is 1. The molecule has 0 radical (unpaired) electrons. The van der Waals surface area contributed by atoms with Crippen molar-refractivity contribution in [3.05, 3.63) is 35.4 Å². The van der Waals surface area contributed by atoms with Crippen molar-refractivity contribution in [2.75, 3.05) is 6.54 Å². The minimum atomic E-state index is 0.0385. The average molecular weight is 274 g/mol. The summed E-state index contributed by atoms with van der Waals surface area (Å²) in [6.07, 6.45) is 2.50. The number of aromatic nitrogens is 1. The van der Waals surface area contributed by atoms with Gasteiger partial charge in [0.05, 0.1) is 10.2 Å². The molecule has 1 fully saturated rings. The molecule has 0 saturated heterocycles. The topological polar surface area (TPSA) is 34.0 Å². The first-order valence-corrected chi connectivity index (χ1v) is 7.52. The van der Waals surface area contributed by atoms with E-state index in [1.165, 1.54) is 12.8 Å². The summed E-state index contributed by atoms with van der Waals surface area (Å²) in [6.45, 7) is 7.46. The van der Waals surface area contributed by atoms with Crippen LogP contribution in [0.15, 0.2) is 29.7 Å². The number of nitrogens with zero attached hydrogens (tertiary/aromatic N) is 1. The monoisotopic (exact) mass is 274 g/mol. The van der Waals surface area contributed by atoms with E-state index in [4.69, 9.17) is 0 Å². The number of hydrogen-bond acceptors (Lipinski definition) is 2. The predicted octanol–water partition coefficient (Wildman–Crippen LogP) is 3.42. The minimum Gasteiger partial charge on any atom is -0.350 e. The van der Waals surface area contributed by atoms with Crippen LogP contribution in [0.4, 0.5) is 0 Å². The van der Waals surface area contributed by atoms with E-state index in [1.54, 1.807) is 11.3 Å². The standard InChI is InChI=1S/C15H18N2OS/c1-10(2)9-17-12-5-6-19-14(12)7-13(17)15(18)16-8-11-3-4-11/h5-7,11H,1,3-4,8-9H2,2H3,(H,16,18). The summed E-state index contributed by atoms with van der Waals surface area (Å²) in [7, 11) is 0. The van der Waals surface area contributed by atoms with E-state index in [2.05, 4.69) is 27.9 Å². The van der Waals surface area contributed by atoms with Crippen molar-refractivity contribution in [2.24, 2.45) is 5.92 Å². The average Bonchev–Trinajstić information content (AvgIpc) is 2.97. The Morgan fingerprint density at radius 1 is 1.58 bits per heavy atom. The van der Waals surface area contributed by atoms with Crippen molar-refractivity contribution < 1.29 is 4.79 Å². The van der Waals surface area contributed by atoms with Gasteiger partial charge in [0.25, 0.3) is 5.91 Å². The van der Waals surface area contributed by atoms with Crippen LogP contribution in [0.1, 0.15) is 30.3 Å². The van der Waals surface area contributed by atoms with Crippen LogP contribution < -0.4 is 5.32 Å². The number of carbonyl (C=O) groups excluding carboxylic acids is 1. The number of nitrogens with one attached hydrogen (secondary N) is 1. The van der Waals surface area contributed by atoms with Gasteiger partial charge in [0.1, 0.15) is 5.69 Å². The fraction of sp³-hybridized carbons (Fsp3) is 0.400. The van der Waals surface area contributed by atoms with Gasteiger partial charge in [-0.25, -0.2) is 0 Å². The number of allylic oxidation sites excluding steroid dienone is 1. The maximum Gasteiger partial charge on any atom is 0.267 e. The van der Waals surface area contributed by atoms with Crippen molar-refractivity contribution in [3.63, 3.8) is 0 Å². The molecule has 100 valence electrons. The van der Waals surface area contributed by atoms with Crippen LogP contribution in [0.3, 0.4) is 0 Å². The van der Waals surface area contributed by atoms with Gasteiger partial charge in [-0.1, -0.05) is 12.2 Å². The van der Waals surface area contributed by atoms with Crippen LogP contribution >= 0.6 is 11.3 Å². The summed E-state index contributed by atoms with van der Waals surface area (Å²) in [6, 6.07) is 4.06. The first-order chi connectivity index (χ1) is 9.15. The lowest BCUT2D eigenvalue weighted by Gasteiger charge is -2.10. The van der Waals surface area contributed by atoms with Crippen LogP contribution in [0.2, 0.25) is 0 Å². The number of amides is 1. The third-order valence-electron chi connectivity index (χ3n) is 3.43. The number of fused-ring (bicyclic) bond motifs is 1. The molecular weight excluding hydrogens is 256 g/mol. The Hall–Kier alpha value is -1.55. The normalized spacial score (nSPS) is 14.8. The lowest BCUT2D eigenvalue weighted by Crippen LogP contribution is -2.27. The van der Waals surface area contributed by atoms with E-state index >= 15 is 0 Å². The molecule has 2 heterocycles. The molecule has 1 saturated carbocycles. The fourth-order valence-corrected chi connectivity index (χ4v) is 3.08. The molecule has 2 aromatic rings. The van der Waals surface area contributed by atoms with Gasteiger partial charge in [0, 0.05) is 13.1 Å². The highest BCUT2D eigenvalue weighted by Crippen LogP contribution is 2.28. The quantitative estimate of drug-likeness (QED) is 0.833. The third-order valence-corrected chi connectivity index (χ3v) is 4.28. The second kappa shape index (κ2) is 4.85. The number of rotatable bonds is 5. The lowest BCUT2D eigenvalue weighted by molar-refractivity contribution is 0.0943. The molecule has 0 spiro atoms. The Bertz CT molecular complexity index is 634. The molecule has 0 atom stereocenters. The van der Waals surface area contributed by atoms with E-state index in [-0.39, 0.29) is 5.91 Å². The highest BCUT2D eigenvalue weighted by molar-refractivity contribution is 7.17. The number of hydrogen-bond donors (Lipinski definition) is 1. The lowest BCUT2D eigenvalue weighted by atomic mass is 10.3. The summed E-state index contributed by atoms with van der Waals surface area (Å²) in [5.41, 5.74) is 2.94. The van der Waals surface area contributed by atoms with Gasteiger partial charge >= 0.3 is 0 Å². The van der Waals surface area contributed by atoms with Crippen LogP contribution in [0.5, 0.6) is 0 Å². The maximum atomic E-state index is 12.3. The van der Waals surface area contributed by atoms with Gasteiger partial charge in [-0.05, 0) is 43.2 Å². The van der Waals surface area contributed by atoms with Gasteiger partial charge in [0.15, 0.2) is 0 Å². The van der Waals surface area contributed by atoms with Crippen molar-refractivity contribution >= 4 is 27.5 Å². The fourth-order valence-electron chi connectivity index (χ4n) is 2.26. The minimum absolute atomic E-state index is 0.0385. The zero-order valence-electron chi connectivity index (χ0n) is 11.1. The Morgan fingerprint density at radius 3 is 3.05 bits per heavy atom. The van der Waals surface area contributed by atoms with E-state index in [0.29, 0.717) is 12.5 Å². The zero-order chi connectivity index (χ0) is 13.4. The Morgan fingerprint density at radius 2 is 2.37 bits per heavy atom. The zero-order valence-corrected chi connectivity index (χ0v) is 11.9. The van der Waals surface area contributed by atoms with E-state index < -0.39 is 0 Å². The molecule has 4 heteroatoms. The summed E-state index contributed by atoms with van der Waals surface area (Å²) in [5.74, 6) is 0.742. The highest BCUT2D eigenvalue weighted by Gasteiger charge is 2.23. The molecule has 1 N–H and O–H groups in total. The van der Waals surface area contributed by atoms with Gasteiger partial charge < -0.3 is 9.88 Å². The molecule has 0 unspecified atom stereocenters. The molecule has 3 rings (SSSR count). The van der Waals surface area contributed by atoms with Gasteiger partial charge in [-0.2, -0.15) is 0 Å².